The lowest BCUT2D eigenvalue weighted by Gasteiger charge is -2.29. The molecule has 192 valence electrons. The number of hydrogen-bond donors (Lipinski definition) is 2. The topological polar surface area (TPSA) is 44.7 Å². The average molecular weight is 487 g/mol. The highest BCUT2D eigenvalue weighted by Gasteiger charge is 2.23. The molecule has 0 amide bonds. The molecule has 0 bridgehead atoms. The van der Waals surface area contributed by atoms with Crippen molar-refractivity contribution in [2.24, 2.45) is 0 Å². The van der Waals surface area contributed by atoms with E-state index in [9.17, 15) is 5.11 Å². The van der Waals surface area contributed by atoms with Crippen LogP contribution in [0.2, 0.25) is 0 Å². The van der Waals surface area contributed by atoms with Gasteiger partial charge in [0.15, 0.2) is 0 Å². The minimum Gasteiger partial charge on any atom is -0.508 e. The molecule has 4 nitrogen and oxygen atoms in total. The van der Waals surface area contributed by atoms with E-state index in [-0.39, 0.29) is 5.41 Å². The number of phenols is 1. The summed E-state index contributed by atoms with van der Waals surface area (Å²) < 4.78 is 5.53. The number of anilines is 1. The Morgan fingerprint density at radius 3 is 2.50 bits per heavy atom. The molecule has 36 heavy (non-hydrogen) atoms. The van der Waals surface area contributed by atoms with Gasteiger partial charge in [0.2, 0.25) is 0 Å². The Hall–Kier alpha value is -2.98. The number of rotatable bonds is 10. The molecule has 1 unspecified atom stereocenters. The number of aromatic hydroxyl groups is 1. The molecule has 3 aromatic rings. The predicted octanol–water partition coefficient (Wildman–Crippen LogP) is 6.56. The van der Waals surface area contributed by atoms with Crippen LogP contribution in [0.1, 0.15) is 60.4 Å². The number of methoxy groups -OCH3 is 1. The number of aryl methyl sites for hydroxylation is 2. The zero-order valence-corrected chi connectivity index (χ0v) is 22.6. The van der Waals surface area contributed by atoms with Gasteiger partial charge >= 0.3 is 0 Å². The van der Waals surface area contributed by atoms with Crippen molar-refractivity contribution < 1.29 is 9.84 Å². The van der Waals surface area contributed by atoms with E-state index >= 15 is 0 Å². The second-order valence-electron chi connectivity index (χ2n) is 11.2. The standard InChI is InChI=1S/C32H42N2O2/c1-32(2,22-34(3)4)27-13-8-23(9-14-27)7-6-18-33-31-21-29(36-5)16-17-30(31)26-11-10-25-20-28(35)15-12-24(25)19-26/h8-9,12-17,20-21,26,33,35H,6-7,10-11,18-19,22H2,1-5H3. The van der Waals surface area contributed by atoms with Crippen LogP contribution in [0.5, 0.6) is 11.5 Å². The van der Waals surface area contributed by atoms with Crippen molar-refractivity contribution in [1.29, 1.82) is 0 Å². The average Bonchev–Trinajstić information content (AvgIpc) is 2.85. The fraction of sp³-hybridized carbons (Fsp3) is 0.438. The van der Waals surface area contributed by atoms with Crippen LogP contribution in [-0.2, 0) is 24.7 Å². The van der Waals surface area contributed by atoms with Crippen molar-refractivity contribution in [2.45, 2.75) is 57.3 Å². The first kappa shape index (κ1) is 26.1. The van der Waals surface area contributed by atoms with Crippen LogP contribution in [0.3, 0.4) is 0 Å². The zero-order valence-electron chi connectivity index (χ0n) is 22.6. The predicted molar refractivity (Wildman–Crippen MR) is 151 cm³/mol. The van der Waals surface area contributed by atoms with Gasteiger partial charge in [0.05, 0.1) is 7.11 Å². The molecule has 3 aromatic carbocycles. The van der Waals surface area contributed by atoms with E-state index in [2.05, 4.69) is 86.7 Å². The van der Waals surface area contributed by atoms with Gasteiger partial charge in [0, 0.05) is 30.3 Å². The molecule has 0 aliphatic heterocycles. The van der Waals surface area contributed by atoms with Crippen molar-refractivity contribution in [1.82, 2.24) is 4.90 Å². The first-order valence-electron chi connectivity index (χ1n) is 13.2. The normalized spacial score (nSPS) is 15.6. The Labute approximate surface area is 217 Å². The fourth-order valence-corrected chi connectivity index (χ4v) is 5.70. The number of nitrogens with zero attached hydrogens (tertiary/aromatic N) is 1. The molecule has 0 aromatic heterocycles. The Bertz CT molecular complexity index is 1150. The molecule has 0 saturated carbocycles. The molecule has 0 fully saturated rings. The van der Waals surface area contributed by atoms with Crippen LogP contribution >= 0.6 is 0 Å². The van der Waals surface area contributed by atoms with Crippen molar-refractivity contribution in [3.05, 3.63) is 88.5 Å². The third-order valence-electron chi connectivity index (χ3n) is 7.52. The minimum absolute atomic E-state index is 0.145. The molecule has 0 saturated heterocycles. The third-order valence-corrected chi connectivity index (χ3v) is 7.52. The van der Waals surface area contributed by atoms with Crippen LogP contribution in [-0.4, -0.2) is 44.3 Å². The molecular weight excluding hydrogens is 444 g/mol. The maximum absolute atomic E-state index is 9.83. The Morgan fingerprint density at radius 1 is 1.00 bits per heavy atom. The van der Waals surface area contributed by atoms with Crippen molar-refractivity contribution >= 4 is 5.69 Å². The first-order valence-corrected chi connectivity index (χ1v) is 13.2. The molecule has 0 spiro atoms. The molecule has 1 atom stereocenters. The van der Waals surface area contributed by atoms with Crippen molar-refractivity contribution in [2.75, 3.05) is 39.6 Å². The van der Waals surface area contributed by atoms with Crippen LogP contribution in [0.15, 0.2) is 60.7 Å². The van der Waals surface area contributed by atoms with Crippen LogP contribution < -0.4 is 10.1 Å². The van der Waals surface area contributed by atoms with E-state index in [0.29, 0.717) is 11.7 Å². The van der Waals surface area contributed by atoms with E-state index in [4.69, 9.17) is 4.74 Å². The lowest BCUT2D eigenvalue weighted by Crippen LogP contribution is -2.32. The zero-order chi connectivity index (χ0) is 25.7. The van der Waals surface area contributed by atoms with Gasteiger partial charge in [-0.2, -0.15) is 0 Å². The summed E-state index contributed by atoms with van der Waals surface area (Å²) in [4.78, 5) is 2.25. The quantitative estimate of drug-likeness (QED) is 0.319. The highest BCUT2D eigenvalue weighted by molar-refractivity contribution is 5.57. The molecule has 1 aliphatic rings. The number of nitrogens with one attached hydrogen (secondary N) is 1. The van der Waals surface area contributed by atoms with E-state index < -0.39 is 0 Å². The number of likely N-dealkylation sites (N-methyl/N-ethyl adjacent to an activating group) is 1. The van der Waals surface area contributed by atoms with Crippen LogP contribution in [0.4, 0.5) is 5.69 Å². The Morgan fingerprint density at radius 2 is 1.78 bits per heavy atom. The summed E-state index contributed by atoms with van der Waals surface area (Å²) in [6.45, 7) is 6.58. The van der Waals surface area contributed by atoms with Gasteiger partial charge in [-0.3, -0.25) is 0 Å². The summed E-state index contributed by atoms with van der Waals surface area (Å²) in [5.41, 5.74) is 8.10. The lowest BCUT2D eigenvalue weighted by molar-refractivity contribution is 0.315. The number of benzene rings is 3. The van der Waals surface area contributed by atoms with E-state index in [1.165, 1.54) is 33.5 Å². The highest BCUT2D eigenvalue weighted by Crippen LogP contribution is 2.38. The summed E-state index contributed by atoms with van der Waals surface area (Å²) in [5, 5.41) is 13.6. The van der Waals surface area contributed by atoms with Crippen molar-refractivity contribution in [3.63, 3.8) is 0 Å². The SMILES string of the molecule is COc1ccc(C2CCc3cc(O)ccc3C2)c(NCCCc2ccc(C(C)(C)CN(C)C)cc2)c1. The van der Waals surface area contributed by atoms with Gasteiger partial charge < -0.3 is 20.1 Å². The second kappa shape index (κ2) is 11.4. The number of hydrogen-bond acceptors (Lipinski definition) is 4. The molecular formula is C32H42N2O2. The second-order valence-corrected chi connectivity index (χ2v) is 11.2. The Balaban J connectivity index is 1.37. The van der Waals surface area contributed by atoms with Gasteiger partial charge in [-0.1, -0.05) is 50.2 Å². The number of phenolic OH excluding ortho intramolecular Hbond substituents is 1. The molecule has 0 radical (unpaired) electrons. The van der Waals surface area contributed by atoms with Crippen LogP contribution in [0, 0.1) is 0 Å². The summed E-state index contributed by atoms with van der Waals surface area (Å²) >= 11 is 0. The van der Waals surface area contributed by atoms with Gasteiger partial charge in [-0.15, -0.1) is 0 Å². The number of ether oxygens (including phenoxy) is 1. The maximum Gasteiger partial charge on any atom is 0.120 e. The third kappa shape index (κ3) is 6.41. The summed E-state index contributed by atoms with van der Waals surface area (Å²) in [6.07, 6.45) is 5.23. The number of fused-ring (bicyclic) bond motifs is 1. The molecule has 4 rings (SSSR count). The van der Waals surface area contributed by atoms with Crippen LogP contribution in [0.25, 0.3) is 0 Å². The van der Waals surface area contributed by atoms with Gasteiger partial charge in [-0.25, -0.2) is 0 Å². The summed E-state index contributed by atoms with van der Waals surface area (Å²) in [5.74, 6) is 1.72. The van der Waals surface area contributed by atoms with E-state index in [1.54, 1.807) is 7.11 Å². The monoisotopic (exact) mass is 486 g/mol. The smallest absolute Gasteiger partial charge is 0.120 e. The summed E-state index contributed by atoms with van der Waals surface area (Å²) in [6, 6.07) is 21.4. The summed E-state index contributed by atoms with van der Waals surface area (Å²) in [7, 11) is 6.00. The molecule has 0 heterocycles. The maximum atomic E-state index is 9.83. The van der Waals surface area contributed by atoms with E-state index in [0.717, 1.165) is 50.9 Å². The lowest BCUT2D eigenvalue weighted by atomic mass is 9.79. The molecule has 4 heteroatoms. The fourth-order valence-electron chi connectivity index (χ4n) is 5.70. The highest BCUT2D eigenvalue weighted by atomic mass is 16.5. The molecule has 1 aliphatic carbocycles. The first-order chi connectivity index (χ1) is 17.2. The molecule has 2 N–H and O–H groups in total. The Kier molecular flexibility index (Phi) is 8.25. The largest absolute Gasteiger partial charge is 0.508 e. The van der Waals surface area contributed by atoms with Gasteiger partial charge in [-0.05, 0) is 98.1 Å². The van der Waals surface area contributed by atoms with Crippen molar-refractivity contribution in [3.8, 4) is 11.5 Å². The van der Waals surface area contributed by atoms with Gasteiger partial charge in [0.25, 0.3) is 0 Å². The minimum atomic E-state index is 0.145. The van der Waals surface area contributed by atoms with Gasteiger partial charge in [0.1, 0.15) is 11.5 Å². The van der Waals surface area contributed by atoms with E-state index in [1.807, 2.05) is 12.1 Å².